The van der Waals surface area contributed by atoms with E-state index in [2.05, 4.69) is 27.2 Å². The molecule has 8 nitrogen and oxygen atoms in total. The van der Waals surface area contributed by atoms with Crippen molar-refractivity contribution in [1.29, 1.82) is 0 Å². The van der Waals surface area contributed by atoms with Gasteiger partial charge >= 0.3 is 0 Å². The lowest BCUT2D eigenvalue weighted by atomic mass is 10.2. The number of piperazine rings is 1. The summed E-state index contributed by atoms with van der Waals surface area (Å²) < 4.78 is 32.4. The van der Waals surface area contributed by atoms with E-state index in [1.54, 1.807) is 19.9 Å². The van der Waals surface area contributed by atoms with Crippen molar-refractivity contribution in [1.82, 2.24) is 9.21 Å². The standard InChI is InChI=1S/C23H32N4O4S/c1-4-27(5-2)32(29,30)20-11-12-22(31-3)21(17-20)24-23(28)18-25-13-15-26(16-14-25)19-9-7-6-8-10-19/h6-12,17H,4-5,13-16,18H2,1-3H3,(H,24,28). The predicted octanol–water partition coefficient (Wildman–Crippen LogP) is 2.49. The normalized spacial score (nSPS) is 15.1. The van der Waals surface area contributed by atoms with Crippen LogP contribution in [0.3, 0.4) is 0 Å². The van der Waals surface area contributed by atoms with Crippen LogP contribution in [0.1, 0.15) is 13.8 Å². The van der Waals surface area contributed by atoms with Gasteiger partial charge in [0.25, 0.3) is 0 Å². The summed E-state index contributed by atoms with van der Waals surface area (Å²) in [6.07, 6.45) is 0. The topological polar surface area (TPSA) is 82.2 Å². The minimum Gasteiger partial charge on any atom is -0.495 e. The quantitative estimate of drug-likeness (QED) is 0.619. The van der Waals surface area contributed by atoms with Crippen LogP contribution in [0, 0.1) is 0 Å². The first-order valence-corrected chi connectivity index (χ1v) is 12.3. The molecule has 1 N–H and O–H groups in total. The van der Waals surface area contributed by atoms with E-state index < -0.39 is 10.0 Å². The second-order valence-electron chi connectivity index (χ2n) is 7.60. The number of nitrogens with one attached hydrogen (secondary N) is 1. The van der Waals surface area contributed by atoms with E-state index in [1.165, 1.54) is 29.2 Å². The minimum atomic E-state index is -3.63. The Morgan fingerprint density at radius 3 is 2.28 bits per heavy atom. The van der Waals surface area contributed by atoms with Gasteiger partial charge in [0.2, 0.25) is 15.9 Å². The molecule has 1 aliphatic rings. The molecule has 1 amide bonds. The first kappa shape index (κ1) is 24.0. The van der Waals surface area contributed by atoms with Crippen molar-refractivity contribution < 1.29 is 17.9 Å². The second-order valence-corrected chi connectivity index (χ2v) is 9.54. The molecule has 174 valence electrons. The zero-order valence-electron chi connectivity index (χ0n) is 19.0. The first-order valence-electron chi connectivity index (χ1n) is 10.9. The Bertz CT molecular complexity index is 1000. The van der Waals surface area contributed by atoms with Gasteiger partial charge in [0.05, 0.1) is 24.2 Å². The minimum absolute atomic E-state index is 0.133. The third-order valence-electron chi connectivity index (χ3n) is 5.65. The van der Waals surface area contributed by atoms with Gasteiger partial charge in [-0.25, -0.2) is 8.42 Å². The predicted molar refractivity (Wildman–Crippen MR) is 127 cm³/mol. The highest BCUT2D eigenvalue weighted by atomic mass is 32.2. The number of sulfonamides is 1. The lowest BCUT2D eigenvalue weighted by molar-refractivity contribution is -0.117. The fourth-order valence-electron chi connectivity index (χ4n) is 3.85. The number of hydrogen-bond acceptors (Lipinski definition) is 6. The van der Waals surface area contributed by atoms with Gasteiger partial charge in [-0.2, -0.15) is 4.31 Å². The molecule has 1 saturated heterocycles. The molecule has 2 aromatic rings. The molecule has 0 unspecified atom stereocenters. The number of anilines is 2. The van der Waals surface area contributed by atoms with Gasteiger partial charge in [-0.15, -0.1) is 0 Å². The Hall–Kier alpha value is -2.62. The Labute approximate surface area is 190 Å². The van der Waals surface area contributed by atoms with Crippen LogP contribution in [-0.4, -0.2) is 76.5 Å². The maximum Gasteiger partial charge on any atom is 0.243 e. The van der Waals surface area contributed by atoms with E-state index >= 15 is 0 Å². The number of rotatable bonds is 9. The third-order valence-corrected chi connectivity index (χ3v) is 7.69. The highest BCUT2D eigenvalue weighted by Crippen LogP contribution is 2.29. The van der Waals surface area contributed by atoms with Crippen molar-refractivity contribution in [2.75, 3.05) is 63.1 Å². The summed E-state index contributed by atoms with van der Waals surface area (Å²) in [6.45, 7) is 7.82. The van der Waals surface area contributed by atoms with E-state index in [4.69, 9.17) is 4.74 Å². The second kappa shape index (κ2) is 10.8. The lowest BCUT2D eigenvalue weighted by Crippen LogP contribution is -2.48. The molecule has 0 aromatic heterocycles. The van der Waals surface area contributed by atoms with Crippen molar-refractivity contribution in [2.24, 2.45) is 0 Å². The molecule has 9 heteroatoms. The summed E-state index contributed by atoms with van der Waals surface area (Å²) in [5.74, 6) is 0.222. The molecular weight excluding hydrogens is 428 g/mol. The summed E-state index contributed by atoms with van der Waals surface area (Å²) in [6, 6.07) is 14.8. The van der Waals surface area contributed by atoms with Crippen molar-refractivity contribution in [3.8, 4) is 5.75 Å². The summed E-state index contributed by atoms with van der Waals surface area (Å²) in [4.78, 5) is 17.3. The van der Waals surface area contributed by atoms with Gasteiger partial charge in [0.15, 0.2) is 0 Å². The number of para-hydroxylation sites is 1. The Balaban J connectivity index is 1.64. The van der Waals surface area contributed by atoms with E-state index in [1.807, 2.05) is 18.2 Å². The first-order chi connectivity index (χ1) is 15.4. The average molecular weight is 461 g/mol. The van der Waals surface area contributed by atoms with Crippen LogP contribution in [-0.2, 0) is 14.8 Å². The maximum atomic E-state index is 12.9. The molecule has 0 radical (unpaired) electrons. The van der Waals surface area contributed by atoms with E-state index in [0.29, 0.717) is 24.5 Å². The molecule has 3 rings (SSSR count). The van der Waals surface area contributed by atoms with Crippen molar-refractivity contribution in [3.05, 3.63) is 48.5 Å². The fourth-order valence-corrected chi connectivity index (χ4v) is 5.34. The smallest absolute Gasteiger partial charge is 0.243 e. The lowest BCUT2D eigenvalue weighted by Gasteiger charge is -2.35. The summed E-state index contributed by atoms with van der Waals surface area (Å²) in [5.41, 5.74) is 1.54. The Kier molecular flexibility index (Phi) is 8.11. The van der Waals surface area contributed by atoms with Gasteiger partial charge in [-0.05, 0) is 30.3 Å². The van der Waals surface area contributed by atoms with Crippen LogP contribution in [0.2, 0.25) is 0 Å². The van der Waals surface area contributed by atoms with Crippen LogP contribution in [0.5, 0.6) is 5.75 Å². The fraction of sp³-hybridized carbons (Fsp3) is 0.435. The van der Waals surface area contributed by atoms with E-state index in [0.717, 1.165) is 26.2 Å². The van der Waals surface area contributed by atoms with Gasteiger partial charge in [0, 0.05) is 45.0 Å². The highest BCUT2D eigenvalue weighted by Gasteiger charge is 2.24. The average Bonchev–Trinajstić information content (AvgIpc) is 2.80. The number of ether oxygens (including phenoxy) is 1. The largest absolute Gasteiger partial charge is 0.495 e. The molecule has 0 spiro atoms. The van der Waals surface area contributed by atoms with Crippen LogP contribution in [0.25, 0.3) is 0 Å². The Morgan fingerprint density at radius 2 is 1.69 bits per heavy atom. The number of amides is 1. The SMILES string of the molecule is CCN(CC)S(=O)(=O)c1ccc(OC)c(NC(=O)CN2CCN(c3ccccc3)CC2)c1. The van der Waals surface area contributed by atoms with Gasteiger partial charge in [-0.1, -0.05) is 32.0 Å². The molecule has 32 heavy (non-hydrogen) atoms. The molecule has 0 bridgehead atoms. The highest BCUT2D eigenvalue weighted by molar-refractivity contribution is 7.89. The number of nitrogens with zero attached hydrogens (tertiary/aromatic N) is 3. The van der Waals surface area contributed by atoms with Gasteiger partial charge < -0.3 is 15.0 Å². The maximum absolute atomic E-state index is 12.9. The molecular formula is C23H32N4O4S. The van der Waals surface area contributed by atoms with Crippen molar-refractivity contribution in [2.45, 2.75) is 18.7 Å². The van der Waals surface area contributed by atoms with Crippen LogP contribution in [0.4, 0.5) is 11.4 Å². The summed E-state index contributed by atoms with van der Waals surface area (Å²) in [7, 11) is -2.14. The molecule has 0 aliphatic carbocycles. The van der Waals surface area contributed by atoms with Crippen LogP contribution >= 0.6 is 0 Å². The molecule has 1 heterocycles. The molecule has 2 aromatic carbocycles. The number of carbonyl (C=O) groups is 1. The van der Waals surface area contributed by atoms with Crippen LogP contribution in [0.15, 0.2) is 53.4 Å². The molecule has 1 aliphatic heterocycles. The monoisotopic (exact) mass is 460 g/mol. The zero-order chi connectivity index (χ0) is 23.1. The van der Waals surface area contributed by atoms with Crippen molar-refractivity contribution >= 4 is 27.3 Å². The summed E-state index contributed by atoms with van der Waals surface area (Å²) in [5, 5.41) is 2.84. The number of methoxy groups -OCH3 is 1. The number of carbonyl (C=O) groups excluding carboxylic acids is 1. The zero-order valence-corrected chi connectivity index (χ0v) is 19.8. The molecule has 1 fully saturated rings. The third kappa shape index (κ3) is 5.59. The van der Waals surface area contributed by atoms with Gasteiger partial charge in [-0.3, -0.25) is 9.69 Å². The van der Waals surface area contributed by atoms with Crippen LogP contribution < -0.4 is 15.0 Å². The van der Waals surface area contributed by atoms with Crippen molar-refractivity contribution in [3.63, 3.8) is 0 Å². The molecule has 0 atom stereocenters. The van der Waals surface area contributed by atoms with E-state index in [-0.39, 0.29) is 17.3 Å². The molecule has 0 saturated carbocycles. The van der Waals surface area contributed by atoms with E-state index in [9.17, 15) is 13.2 Å². The Morgan fingerprint density at radius 1 is 1.03 bits per heavy atom. The number of benzene rings is 2. The van der Waals surface area contributed by atoms with Gasteiger partial charge in [0.1, 0.15) is 5.75 Å². The number of hydrogen-bond donors (Lipinski definition) is 1. The summed E-state index contributed by atoms with van der Waals surface area (Å²) >= 11 is 0.